The standard InChI is InChI=1S/C9H2F9O/c10-4-2-1-3(5(11)6(4)12)7(19,8(13,14)15)9(16,17)18/h1-2H/q-1. The highest BCUT2D eigenvalue weighted by Gasteiger charge is 2.64. The number of hydrogen-bond acceptors (Lipinski definition) is 1. The van der Waals surface area contributed by atoms with Gasteiger partial charge in [0, 0.05) is 0 Å². The van der Waals surface area contributed by atoms with Crippen LogP contribution >= 0.6 is 0 Å². The van der Waals surface area contributed by atoms with E-state index in [4.69, 9.17) is 0 Å². The molecule has 1 rings (SSSR count). The van der Waals surface area contributed by atoms with Crippen molar-refractivity contribution in [2.24, 2.45) is 0 Å². The van der Waals surface area contributed by atoms with Gasteiger partial charge in [-0.1, -0.05) is 6.07 Å². The highest BCUT2D eigenvalue weighted by Crippen LogP contribution is 2.48. The zero-order valence-corrected chi connectivity index (χ0v) is 8.46. The van der Waals surface area contributed by atoms with Crippen LogP contribution in [0.3, 0.4) is 0 Å². The molecule has 0 N–H and O–H groups in total. The van der Waals surface area contributed by atoms with E-state index in [0.29, 0.717) is 0 Å². The molecular formula is C9H2F9O-. The molecule has 0 aliphatic heterocycles. The van der Waals surface area contributed by atoms with Gasteiger partial charge in [0.2, 0.25) is 0 Å². The molecule has 0 atom stereocenters. The number of benzene rings is 1. The van der Waals surface area contributed by atoms with E-state index in [0.717, 1.165) is 0 Å². The fraction of sp³-hybridized carbons (Fsp3) is 0.333. The lowest BCUT2D eigenvalue weighted by Crippen LogP contribution is -2.63. The Bertz CT molecular complexity index is 474. The average Bonchev–Trinajstić information content (AvgIpc) is 2.22. The van der Waals surface area contributed by atoms with E-state index in [1.165, 1.54) is 0 Å². The van der Waals surface area contributed by atoms with Crippen LogP contribution in [-0.2, 0) is 5.60 Å². The number of alkyl halides is 6. The van der Waals surface area contributed by atoms with Crippen molar-refractivity contribution in [3.05, 3.63) is 35.1 Å². The van der Waals surface area contributed by atoms with Crippen molar-refractivity contribution >= 4 is 0 Å². The summed E-state index contributed by atoms with van der Waals surface area (Å²) in [5.74, 6) is -7.44. The molecule has 108 valence electrons. The van der Waals surface area contributed by atoms with Crippen LogP contribution in [0.2, 0.25) is 0 Å². The summed E-state index contributed by atoms with van der Waals surface area (Å²) in [6, 6.07) is -0.584. The normalized spacial score (nSPS) is 13.8. The van der Waals surface area contributed by atoms with Crippen LogP contribution in [0.4, 0.5) is 39.5 Å². The minimum atomic E-state index is -6.49. The van der Waals surface area contributed by atoms with Crippen LogP contribution < -0.4 is 5.11 Å². The molecule has 0 unspecified atom stereocenters. The Kier molecular flexibility index (Phi) is 3.52. The Labute approximate surface area is 98.8 Å². The first-order valence-electron chi connectivity index (χ1n) is 4.32. The Morgan fingerprint density at radius 3 is 1.53 bits per heavy atom. The molecule has 10 heteroatoms. The highest BCUT2D eigenvalue weighted by molar-refractivity contribution is 5.29. The van der Waals surface area contributed by atoms with Gasteiger partial charge in [0.05, 0.1) is 0 Å². The molecule has 1 aromatic rings. The van der Waals surface area contributed by atoms with Crippen LogP contribution in [0, 0.1) is 17.5 Å². The van der Waals surface area contributed by atoms with Crippen molar-refractivity contribution in [3.63, 3.8) is 0 Å². The first-order chi connectivity index (χ1) is 8.34. The fourth-order valence-corrected chi connectivity index (χ4v) is 1.26. The molecule has 1 aromatic carbocycles. The van der Waals surface area contributed by atoms with Gasteiger partial charge >= 0.3 is 12.4 Å². The first kappa shape index (κ1) is 15.6. The molecule has 0 saturated carbocycles. The lowest BCUT2D eigenvalue weighted by molar-refractivity contribution is -0.605. The maximum atomic E-state index is 13.0. The monoisotopic (exact) mass is 297 g/mol. The van der Waals surface area contributed by atoms with Gasteiger partial charge in [-0.2, -0.15) is 26.3 Å². The summed E-state index contributed by atoms with van der Waals surface area (Å²) in [6.07, 6.45) is -13.0. The van der Waals surface area contributed by atoms with Gasteiger partial charge in [0.1, 0.15) is 5.60 Å². The minimum absolute atomic E-state index is 0.197. The first-order valence-corrected chi connectivity index (χ1v) is 4.32. The van der Waals surface area contributed by atoms with Gasteiger partial charge in [0.15, 0.2) is 17.5 Å². The third kappa shape index (κ3) is 2.24. The average molecular weight is 297 g/mol. The van der Waals surface area contributed by atoms with Gasteiger partial charge in [-0.3, -0.25) is 0 Å². The summed E-state index contributed by atoms with van der Waals surface area (Å²) < 4.78 is 112. The molecule has 19 heavy (non-hydrogen) atoms. The van der Waals surface area contributed by atoms with Gasteiger partial charge in [-0.05, 0) is 11.6 Å². The van der Waals surface area contributed by atoms with Crippen LogP contribution in [0.15, 0.2) is 12.1 Å². The molecule has 0 aromatic heterocycles. The van der Waals surface area contributed by atoms with Crippen LogP contribution in [0.25, 0.3) is 0 Å². The van der Waals surface area contributed by atoms with Crippen molar-refractivity contribution < 1.29 is 44.6 Å². The molecular weight excluding hydrogens is 295 g/mol. The summed E-state index contributed by atoms with van der Waals surface area (Å²) in [7, 11) is 0. The summed E-state index contributed by atoms with van der Waals surface area (Å²) in [5, 5.41) is 11.1. The molecule has 0 heterocycles. The molecule has 0 aliphatic rings. The quantitative estimate of drug-likeness (QED) is 0.577. The second kappa shape index (κ2) is 4.29. The Hall–Kier alpha value is -1.45. The van der Waals surface area contributed by atoms with Crippen LogP contribution in [-0.4, -0.2) is 12.4 Å². The largest absolute Gasteiger partial charge is 0.833 e. The zero-order chi connectivity index (χ0) is 15.2. The van der Waals surface area contributed by atoms with E-state index in [1.807, 2.05) is 0 Å². The third-order valence-corrected chi connectivity index (χ3v) is 2.21. The van der Waals surface area contributed by atoms with Gasteiger partial charge in [-0.15, -0.1) is 0 Å². The maximum absolute atomic E-state index is 13.0. The van der Waals surface area contributed by atoms with Crippen LogP contribution in [0.1, 0.15) is 5.56 Å². The third-order valence-electron chi connectivity index (χ3n) is 2.21. The topological polar surface area (TPSA) is 23.1 Å². The second-order valence-corrected chi connectivity index (χ2v) is 3.40. The Morgan fingerprint density at radius 1 is 0.737 bits per heavy atom. The fourth-order valence-electron chi connectivity index (χ4n) is 1.26. The lowest BCUT2D eigenvalue weighted by Gasteiger charge is -2.43. The maximum Gasteiger partial charge on any atom is 0.392 e. The summed E-state index contributed by atoms with van der Waals surface area (Å²) >= 11 is 0. The van der Waals surface area contributed by atoms with Crippen molar-refractivity contribution in [3.8, 4) is 0 Å². The van der Waals surface area contributed by atoms with Crippen molar-refractivity contribution in [1.29, 1.82) is 0 Å². The molecule has 0 radical (unpaired) electrons. The molecule has 1 nitrogen and oxygen atoms in total. The van der Waals surface area contributed by atoms with Crippen LogP contribution in [0.5, 0.6) is 0 Å². The van der Waals surface area contributed by atoms with Crippen molar-refractivity contribution in [2.75, 3.05) is 0 Å². The zero-order valence-electron chi connectivity index (χ0n) is 8.46. The lowest BCUT2D eigenvalue weighted by atomic mass is 9.91. The van der Waals surface area contributed by atoms with E-state index < -0.39 is 41.0 Å². The number of hydrogen-bond donors (Lipinski definition) is 0. The molecule has 0 aliphatic carbocycles. The van der Waals surface area contributed by atoms with Crippen molar-refractivity contribution in [1.82, 2.24) is 0 Å². The summed E-state index contributed by atoms with van der Waals surface area (Å²) in [4.78, 5) is 0. The molecule has 0 fully saturated rings. The van der Waals surface area contributed by atoms with E-state index in [9.17, 15) is 44.6 Å². The smallest absolute Gasteiger partial charge is 0.392 e. The second-order valence-electron chi connectivity index (χ2n) is 3.40. The molecule has 0 bridgehead atoms. The SMILES string of the molecule is [O-]C(c1ccc(F)c(F)c1F)(C(F)(F)F)C(F)(F)F. The summed E-state index contributed by atoms with van der Waals surface area (Å²) in [6.45, 7) is 0. The van der Waals surface area contributed by atoms with E-state index >= 15 is 0 Å². The number of rotatable bonds is 1. The molecule has 0 saturated heterocycles. The Balaban J connectivity index is 3.67. The van der Waals surface area contributed by atoms with Crippen molar-refractivity contribution in [2.45, 2.75) is 18.0 Å². The Morgan fingerprint density at radius 2 is 1.16 bits per heavy atom. The van der Waals surface area contributed by atoms with Gasteiger partial charge in [-0.25, -0.2) is 13.2 Å². The summed E-state index contributed by atoms with van der Waals surface area (Å²) in [5.41, 5.74) is -8.47. The number of halogens is 9. The minimum Gasteiger partial charge on any atom is -0.833 e. The van der Waals surface area contributed by atoms with E-state index in [1.54, 1.807) is 0 Å². The van der Waals surface area contributed by atoms with E-state index in [-0.39, 0.29) is 12.1 Å². The van der Waals surface area contributed by atoms with Gasteiger partial charge in [0.25, 0.3) is 0 Å². The molecule has 0 spiro atoms. The molecule has 0 amide bonds. The van der Waals surface area contributed by atoms with E-state index in [2.05, 4.69) is 0 Å². The highest BCUT2D eigenvalue weighted by atomic mass is 19.4. The predicted molar refractivity (Wildman–Crippen MR) is 40.1 cm³/mol. The van der Waals surface area contributed by atoms with Gasteiger partial charge < -0.3 is 5.11 Å². The predicted octanol–water partition coefficient (Wildman–Crippen LogP) is 2.78.